The third kappa shape index (κ3) is 4.83. The molecular weight excluding hydrogens is 352 g/mol. The first-order valence-corrected chi connectivity index (χ1v) is 6.96. The first-order chi connectivity index (χ1) is 11.4. The summed E-state index contributed by atoms with van der Waals surface area (Å²) in [6, 6.07) is 1.04. The summed E-state index contributed by atoms with van der Waals surface area (Å²) in [5, 5.41) is 0. The van der Waals surface area contributed by atoms with Crippen LogP contribution in [0.25, 0.3) is 0 Å². The quantitative estimate of drug-likeness (QED) is 0.329. The maximum atomic E-state index is 12.8. The molecule has 1 unspecified atom stereocenters. The third-order valence-electron chi connectivity index (χ3n) is 3.47. The molecule has 0 aliphatic rings. The van der Waals surface area contributed by atoms with Crippen molar-refractivity contribution in [2.75, 3.05) is 7.11 Å². The van der Waals surface area contributed by atoms with E-state index in [-0.39, 0.29) is 12.5 Å². The molecule has 1 aromatic rings. The lowest BCUT2D eigenvalue weighted by molar-refractivity contribution is -0.145. The fourth-order valence-electron chi connectivity index (χ4n) is 1.99. The number of carbonyl (C=O) groups excluding carboxylic acids is 1. The van der Waals surface area contributed by atoms with E-state index in [2.05, 4.69) is 16.3 Å². The normalized spacial score (nSPS) is 15.0. The first kappa shape index (κ1) is 20.7. The Morgan fingerprint density at radius 3 is 1.92 bits per heavy atom. The van der Waals surface area contributed by atoms with Crippen molar-refractivity contribution < 1.29 is 35.9 Å². The molecule has 0 aliphatic carbocycles. The van der Waals surface area contributed by atoms with Gasteiger partial charge >= 0.3 is 18.3 Å². The summed E-state index contributed by atoms with van der Waals surface area (Å²) in [5.41, 5.74) is -4.99. The van der Waals surface area contributed by atoms with Gasteiger partial charge in [0.1, 0.15) is 0 Å². The van der Waals surface area contributed by atoms with E-state index in [1.165, 1.54) is 0 Å². The molecule has 1 aromatic carbocycles. The molecule has 0 bridgehead atoms. The molecule has 0 saturated heterocycles. The zero-order chi connectivity index (χ0) is 19.5. The number of methoxy groups -OCH3 is 1. The van der Waals surface area contributed by atoms with Crippen molar-refractivity contribution in [3.63, 3.8) is 0 Å². The largest absolute Gasteiger partial charge is 0.467 e. The van der Waals surface area contributed by atoms with Gasteiger partial charge in [-0.25, -0.2) is 4.79 Å². The highest BCUT2D eigenvalue weighted by Crippen LogP contribution is 2.36. The van der Waals surface area contributed by atoms with Crippen LogP contribution >= 0.6 is 0 Å². The second-order valence-electron chi connectivity index (χ2n) is 5.07. The van der Waals surface area contributed by atoms with Gasteiger partial charge in [-0.15, -0.1) is 6.58 Å². The van der Waals surface area contributed by atoms with Crippen LogP contribution in [-0.4, -0.2) is 24.8 Å². The first-order valence-electron chi connectivity index (χ1n) is 6.96. The van der Waals surface area contributed by atoms with Crippen molar-refractivity contribution in [2.45, 2.75) is 31.2 Å². The van der Waals surface area contributed by atoms with Gasteiger partial charge in [0, 0.05) is 6.21 Å². The summed E-state index contributed by atoms with van der Waals surface area (Å²) in [7, 11) is 1.08. The lowest BCUT2D eigenvalue weighted by atomic mass is 9.97. The van der Waals surface area contributed by atoms with Crippen molar-refractivity contribution in [2.24, 2.45) is 4.99 Å². The van der Waals surface area contributed by atoms with E-state index in [9.17, 15) is 31.1 Å². The van der Waals surface area contributed by atoms with Gasteiger partial charge in [-0.1, -0.05) is 13.0 Å². The van der Waals surface area contributed by atoms with Crippen LogP contribution in [0, 0.1) is 0 Å². The lowest BCUT2D eigenvalue weighted by Gasteiger charge is -2.21. The molecule has 0 spiro atoms. The minimum atomic E-state index is -4.97. The van der Waals surface area contributed by atoms with E-state index in [0.717, 1.165) is 19.4 Å². The van der Waals surface area contributed by atoms with E-state index < -0.39 is 40.6 Å². The zero-order valence-corrected chi connectivity index (χ0v) is 13.3. The summed E-state index contributed by atoms with van der Waals surface area (Å²) in [6.45, 7) is 4.97. The topological polar surface area (TPSA) is 38.7 Å². The van der Waals surface area contributed by atoms with E-state index >= 15 is 0 Å². The summed E-state index contributed by atoms with van der Waals surface area (Å²) in [6.07, 6.45) is -7.98. The molecule has 138 valence electrons. The van der Waals surface area contributed by atoms with Crippen LogP contribution in [-0.2, 0) is 21.9 Å². The molecule has 0 aromatic heterocycles. The van der Waals surface area contributed by atoms with Crippen molar-refractivity contribution in [3.05, 3.63) is 47.5 Å². The van der Waals surface area contributed by atoms with Gasteiger partial charge < -0.3 is 4.74 Å². The van der Waals surface area contributed by atoms with E-state index in [4.69, 9.17) is 0 Å². The van der Waals surface area contributed by atoms with Crippen molar-refractivity contribution in [1.82, 2.24) is 0 Å². The minimum absolute atomic E-state index is 0.0121. The number of ether oxygens (including phenoxy) is 1. The average Bonchev–Trinajstić information content (AvgIpc) is 2.54. The van der Waals surface area contributed by atoms with Gasteiger partial charge in [-0.2, -0.15) is 26.3 Å². The summed E-state index contributed by atoms with van der Waals surface area (Å²) >= 11 is 0. The molecule has 0 amide bonds. The summed E-state index contributed by atoms with van der Waals surface area (Å²) in [4.78, 5) is 15.6. The SMILES string of the molecule is C=CC(CC)(N=Cc1cc(C(F)(F)F)cc(C(F)(F)F)c1)C(=O)OC. The smallest absolute Gasteiger partial charge is 0.416 e. The predicted molar refractivity (Wildman–Crippen MR) is 79.3 cm³/mol. The van der Waals surface area contributed by atoms with Crippen LogP contribution in [0.1, 0.15) is 30.0 Å². The van der Waals surface area contributed by atoms with Crippen molar-refractivity contribution in [3.8, 4) is 0 Å². The fourth-order valence-corrected chi connectivity index (χ4v) is 1.99. The number of aliphatic imine (C=N–C) groups is 1. The molecule has 0 N–H and O–H groups in total. The molecule has 1 rings (SSSR count). The molecule has 3 nitrogen and oxygen atoms in total. The number of carbonyl (C=O) groups is 1. The van der Waals surface area contributed by atoms with Gasteiger partial charge in [0.05, 0.1) is 18.2 Å². The standard InChI is InChI=1S/C16H15F6NO2/c1-4-14(5-2,13(24)25-3)23-9-10-6-11(15(17,18)19)8-12(7-10)16(20,21)22/h4,6-9H,1,5H2,2-3H3. The third-order valence-corrected chi connectivity index (χ3v) is 3.47. The molecule has 0 fully saturated rings. The molecule has 0 saturated carbocycles. The van der Waals surface area contributed by atoms with Crippen LogP contribution < -0.4 is 0 Å². The molecule has 25 heavy (non-hydrogen) atoms. The number of esters is 1. The molecule has 9 heteroatoms. The molecule has 0 radical (unpaired) electrons. The highest BCUT2D eigenvalue weighted by atomic mass is 19.4. The molecule has 0 aliphatic heterocycles. The van der Waals surface area contributed by atoms with E-state index in [1.54, 1.807) is 6.92 Å². The second kappa shape index (κ2) is 7.28. The number of benzene rings is 1. The average molecular weight is 367 g/mol. The van der Waals surface area contributed by atoms with Gasteiger partial charge in [-0.05, 0) is 30.2 Å². The van der Waals surface area contributed by atoms with E-state index in [0.29, 0.717) is 12.1 Å². The van der Waals surface area contributed by atoms with Crippen LogP contribution in [0.5, 0.6) is 0 Å². The summed E-state index contributed by atoms with van der Waals surface area (Å²) in [5.74, 6) is -0.829. The Morgan fingerprint density at radius 2 is 1.60 bits per heavy atom. The second-order valence-corrected chi connectivity index (χ2v) is 5.07. The number of hydrogen-bond donors (Lipinski definition) is 0. The van der Waals surface area contributed by atoms with Gasteiger partial charge in [0.15, 0.2) is 5.54 Å². The minimum Gasteiger partial charge on any atom is -0.467 e. The lowest BCUT2D eigenvalue weighted by Crippen LogP contribution is -2.35. The Balaban J connectivity index is 3.46. The van der Waals surface area contributed by atoms with Gasteiger partial charge in [0.2, 0.25) is 0 Å². The summed E-state index contributed by atoms with van der Waals surface area (Å²) < 4.78 is 81.5. The fraction of sp³-hybridized carbons (Fsp3) is 0.375. The number of hydrogen-bond acceptors (Lipinski definition) is 3. The Hall–Kier alpha value is -2.32. The van der Waals surface area contributed by atoms with Crippen LogP contribution in [0.3, 0.4) is 0 Å². The highest BCUT2D eigenvalue weighted by molar-refractivity contribution is 5.88. The molecular formula is C16H15F6NO2. The zero-order valence-electron chi connectivity index (χ0n) is 13.3. The van der Waals surface area contributed by atoms with Gasteiger partial charge in [-0.3, -0.25) is 4.99 Å². The van der Waals surface area contributed by atoms with Crippen LogP contribution in [0.15, 0.2) is 35.8 Å². The number of rotatable bonds is 5. The van der Waals surface area contributed by atoms with Crippen LogP contribution in [0.4, 0.5) is 26.3 Å². The van der Waals surface area contributed by atoms with Crippen molar-refractivity contribution >= 4 is 12.2 Å². The highest BCUT2D eigenvalue weighted by Gasteiger charge is 2.37. The maximum Gasteiger partial charge on any atom is 0.416 e. The monoisotopic (exact) mass is 367 g/mol. The predicted octanol–water partition coefficient (Wildman–Crippen LogP) is 4.65. The Morgan fingerprint density at radius 1 is 1.12 bits per heavy atom. The Kier molecular flexibility index (Phi) is 6.04. The number of alkyl halides is 6. The van der Waals surface area contributed by atoms with Crippen LogP contribution in [0.2, 0.25) is 0 Å². The maximum absolute atomic E-state index is 12.8. The number of halogens is 6. The van der Waals surface area contributed by atoms with Crippen molar-refractivity contribution in [1.29, 1.82) is 0 Å². The Labute approximate surface area is 140 Å². The molecule has 1 atom stereocenters. The number of nitrogens with zero attached hydrogens (tertiary/aromatic N) is 1. The molecule has 0 heterocycles. The van der Waals surface area contributed by atoms with Gasteiger partial charge in [0.25, 0.3) is 0 Å². The Bertz CT molecular complexity index is 646. The van der Waals surface area contributed by atoms with E-state index in [1.807, 2.05) is 0 Å².